The molecule has 28 nitrogen and oxygen atoms in total. The normalized spacial score (nSPS) is 43.7. The number of amides is 4. The second-order valence-electron chi connectivity index (χ2n) is 15.7. The van der Waals surface area contributed by atoms with E-state index in [1.807, 2.05) is 0 Å². The Kier molecular flexibility index (Phi) is 20.1. The summed E-state index contributed by atoms with van der Waals surface area (Å²) in [5.41, 5.74) is 0. The van der Waals surface area contributed by atoms with E-state index in [9.17, 15) is 101 Å². The highest BCUT2D eigenvalue weighted by Gasteiger charge is 2.55. The summed E-state index contributed by atoms with van der Waals surface area (Å²) in [6.45, 7) is 0.278. The number of carbonyl (C=O) groups excluding carboxylic acids is 4. The number of nitrogens with one attached hydrogen (secondary N) is 4. The fraction of sp³-hybridized carbons (Fsp3) is 0.882. The highest BCUT2D eigenvalue weighted by atomic mass is 33.1. The van der Waals surface area contributed by atoms with Gasteiger partial charge in [-0.25, -0.2) is 0 Å². The molecule has 0 bridgehead atoms. The molecule has 0 radical (unpaired) electrons. The van der Waals surface area contributed by atoms with Gasteiger partial charge in [0.05, 0.1) is 13.2 Å². The van der Waals surface area contributed by atoms with Crippen LogP contribution in [0.5, 0.6) is 0 Å². The Bertz CT molecular complexity index is 1420. The van der Waals surface area contributed by atoms with Crippen LogP contribution in [0.25, 0.3) is 0 Å². The monoisotopic (exact) mass is 970 g/mol. The van der Waals surface area contributed by atoms with Gasteiger partial charge in [0.1, 0.15) is 134 Å². The van der Waals surface area contributed by atoms with Crippen LogP contribution in [0.3, 0.4) is 0 Å². The molecule has 2 heterocycles. The fourth-order valence-electron chi connectivity index (χ4n) is 7.35. The molecule has 2 saturated heterocycles. The van der Waals surface area contributed by atoms with Crippen LogP contribution in [0.15, 0.2) is 0 Å². The molecule has 24 atom stereocenters. The Morgan fingerprint density at radius 1 is 0.469 bits per heavy atom. The molecule has 0 aromatic carbocycles. The molecule has 0 spiro atoms. The third-order valence-corrected chi connectivity index (χ3v) is 13.5. The minimum absolute atomic E-state index is 0.323. The third kappa shape index (κ3) is 12.5. The van der Waals surface area contributed by atoms with Crippen molar-refractivity contribution < 1.29 is 120 Å². The average Bonchev–Trinajstić information content (AvgIpc) is 3.25. The molecule has 4 unspecified atom stereocenters. The Morgan fingerprint density at radius 3 is 1.02 bits per heavy atom. The lowest BCUT2D eigenvalue weighted by Gasteiger charge is -2.47. The van der Waals surface area contributed by atoms with Gasteiger partial charge in [-0.1, -0.05) is 21.6 Å². The van der Waals surface area contributed by atoms with Crippen molar-refractivity contribution in [2.45, 2.75) is 160 Å². The summed E-state index contributed by atoms with van der Waals surface area (Å²) >= 11 is 0. The predicted molar refractivity (Wildman–Crippen MR) is 209 cm³/mol. The molecule has 4 amide bonds. The van der Waals surface area contributed by atoms with Crippen LogP contribution >= 0.6 is 21.6 Å². The Morgan fingerprint density at radius 2 is 0.750 bits per heavy atom. The van der Waals surface area contributed by atoms with Gasteiger partial charge < -0.3 is 122 Å². The number of ether oxygens (including phenoxy) is 4. The molecule has 4 aliphatic rings. The fourth-order valence-corrected chi connectivity index (χ4v) is 9.68. The first kappa shape index (κ1) is 54.4. The molecule has 2 aliphatic carbocycles. The Balaban J connectivity index is 1.46. The summed E-state index contributed by atoms with van der Waals surface area (Å²) in [4.78, 5) is 51.6. The molecular formula is C34H58N4O24S2. The second-order valence-corrected chi connectivity index (χ2v) is 18.2. The topological polar surface area (TPSA) is 477 Å². The van der Waals surface area contributed by atoms with Crippen molar-refractivity contribution in [3.8, 4) is 0 Å². The summed E-state index contributed by atoms with van der Waals surface area (Å²) in [6, 6.07) is -6.55. The van der Waals surface area contributed by atoms with Crippen molar-refractivity contribution in [3.63, 3.8) is 0 Å². The van der Waals surface area contributed by atoms with Gasteiger partial charge in [0.25, 0.3) is 0 Å². The first-order valence-corrected chi connectivity index (χ1v) is 22.2. The lowest BCUT2D eigenvalue weighted by atomic mass is 9.84. The minimum Gasteiger partial charge on any atom is -0.394 e. The van der Waals surface area contributed by atoms with Crippen LogP contribution in [0.4, 0.5) is 0 Å². The van der Waals surface area contributed by atoms with Crippen LogP contribution < -0.4 is 21.3 Å². The van der Waals surface area contributed by atoms with Gasteiger partial charge in [-0.15, -0.1) is 0 Å². The highest BCUT2D eigenvalue weighted by Crippen LogP contribution is 2.32. The van der Waals surface area contributed by atoms with Gasteiger partial charge in [-0.05, 0) is 0 Å². The largest absolute Gasteiger partial charge is 0.394 e. The zero-order valence-corrected chi connectivity index (χ0v) is 35.6. The molecule has 4 rings (SSSR count). The van der Waals surface area contributed by atoms with E-state index in [0.29, 0.717) is 0 Å². The smallest absolute Gasteiger partial charge is 0.243 e. The standard InChI is InChI=1S/C34H58N4O24S2/c1-7(41)35-9(31(57)37-13-17(45)15(43)11(3-39)59-33(13)61-29-25(53)21(49)19(47)22(50)26(29)54)5-63-64-6-10(36-8(2)42)32(58)38-14-18(46)16(44)12(4-40)60-34(14)62-30-27(55)23(51)20(48)24(52)28(30)56/h9-30,33-34,39-40,43-56H,3-6H2,1-2H3,(H,35,41)(H,36,42)(H,37,57)(H,38,58)/t9-,10+,11-,12-,13-,14+,15-,16-,17-,18-,19?,20?,21-,22+,23-,24+,25-,26+,27+,28+,29?,30?,33-,34+/m0/s1. The number of carbonyl (C=O) groups is 4. The van der Waals surface area contributed by atoms with E-state index in [-0.39, 0.29) is 11.5 Å². The maximum atomic E-state index is 13.6. The molecule has 0 aromatic heterocycles. The van der Waals surface area contributed by atoms with Crippen LogP contribution in [0, 0.1) is 0 Å². The molecule has 30 heteroatoms. The van der Waals surface area contributed by atoms with Gasteiger partial charge in [0.15, 0.2) is 12.6 Å². The SMILES string of the molecule is CC(=O)N[C@@H](CSSC[C@@H](NC(C)=O)C(=O)N[C@H]1[C@@H](OC2[C@H](O)[C@H](O)C(O)[C@H](O)[C@H]2O)O[C@@H](CO)[C@H](O)[C@H]1O)C(=O)N[C@@H]1[C@H](OC2[C@@H](O)[C@@H](O)C(O)[C@@H](O)[C@H]2O)O[C@@H](CO)[C@H](O)[C@H]1O. The first-order chi connectivity index (χ1) is 30.0. The molecule has 20 N–H and O–H groups in total. The van der Waals surface area contributed by atoms with Crippen molar-refractivity contribution in [1.29, 1.82) is 0 Å². The minimum atomic E-state index is -2.07. The summed E-state index contributed by atoms with van der Waals surface area (Å²) in [7, 11) is 1.69. The summed E-state index contributed by atoms with van der Waals surface area (Å²) in [5, 5.41) is 175. The van der Waals surface area contributed by atoms with Crippen molar-refractivity contribution in [3.05, 3.63) is 0 Å². The van der Waals surface area contributed by atoms with Crippen molar-refractivity contribution in [2.24, 2.45) is 0 Å². The van der Waals surface area contributed by atoms with Crippen molar-refractivity contribution in [2.75, 3.05) is 24.7 Å². The Labute approximate surface area is 370 Å². The first-order valence-electron chi connectivity index (χ1n) is 19.7. The van der Waals surface area contributed by atoms with Gasteiger partial charge >= 0.3 is 0 Å². The molecular weight excluding hydrogens is 913 g/mol. The molecule has 4 fully saturated rings. The highest BCUT2D eigenvalue weighted by molar-refractivity contribution is 8.76. The van der Waals surface area contributed by atoms with Crippen molar-refractivity contribution in [1.82, 2.24) is 21.3 Å². The van der Waals surface area contributed by atoms with Gasteiger partial charge in [0.2, 0.25) is 23.6 Å². The summed E-state index contributed by atoms with van der Waals surface area (Å²) in [5.74, 6) is -4.25. The number of hydrogen-bond donors (Lipinski definition) is 20. The predicted octanol–water partition coefficient (Wildman–Crippen LogP) is -12.4. The molecule has 2 aliphatic heterocycles. The van der Waals surface area contributed by atoms with Crippen LogP contribution in [-0.2, 0) is 38.1 Å². The zero-order valence-electron chi connectivity index (χ0n) is 33.9. The quantitative estimate of drug-likeness (QED) is 0.0475. The molecule has 2 saturated carbocycles. The van der Waals surface area contributed by atoms with E-state index in [0.717, 1.165) is 35.4 Å². The molecule has 64 heavy (non-hydrogen) atoms. The van der Waals surface area contributed by atoms with Crippen LogP contribution in [0.1, 0.15) is 13.8 Å². The number of hydrogen-bond acceptors (Lipinski definition) is 26. The van der Waals surface area contributed by atoms with Gasteiger partial charge in [0, 0.05) is 25.4 Å². The second kappa shape index (κ2) is 23.7. The third-order valence-electron chi connectivity index (χ3n) is 11.0. The maximum absolute atomic E-state index is 13.6. The molecule has 0 aromatic rings. The van der Waals surface area contributed by atoms with Crippen LogP contribution in [-0.4, -0.2) is 277 Å². The van der Waals surface area contributed by atoms with Crippen molar-refractivity contribution >= 4 is 45.2 Å². The van der Waals surface area contributed by atoms with Crippen LogP contribution in [0.2, 0.25) is 0 Å². The van der Waals surface area contributed by atoms with E-state index in [1.165, 1.54) is 0 Å². The number of aliphatic hydroxyl groups excluding tert-OH is 16. The van der Waals surface area contributed by atoms with E-state index >= 15 is 0 Å². The maximum Gasteiger partial charge on any atom is 0.243 e. The summed E-state index contributed by atoms with van der Waals surface area (Å²) in [6.07, 6.45) is -39.1. The lowest BCUT2D eigenvalue weighted by molar-refractivity contribution is -0.319. The van der Waals surface area contributed by atoms with E-state index in [4.69, 9.17) is 18.9 Å². The number of rotatable bonds is 17. The summed E-state index contributed by atoms with van der Waals surface area (Å²) < 4.78 is 22.1. The lowest BCUT2D eigenvalue weighted by Crippen LogP contribution is -2.70. The van der Waals surface area contributed by atoms with Gasteiger partial charge in [-0.2, -0.15) is 0 Å². The van der Waals surface area contributed by atoms with E-state index in [2.05, 4.69) is 21.3 Å². The van der Waals surface area contributed by atoms with E-state index in [1.54, 1.807) is 0 Å². The average molecular weight is 971 g/mol. The van der Waals surface area contributed by atoms with E-state index < -0.39 is 183 Å². The Hall–Kier alpha value is -2.22. The zero-order chi connectivity index (χ0) is 48.1. The number of aliphatic hydroxyl groups is 16. The molecule has 370 valence electrons. The van der Waals surface area contributed by atoms with Gasteiger partial charge in [-0.3, -0.25) is 19.2 Å².